The summed E-state index contributed by atoms with van der Waals surface area (Å²) in [5.41, 5.74) is 8.37. The van der Waals surface area contributed by atoms with E-state index in [-0.39, 0.29) is 18.3 Å². The molecule has 1 amide bonds. The van der Waals surface area contributed by atoms with Gasteiger partial charge >= 0.3 is 0 Å². The number of benzene rings is 1. The van der Waals surface area contributed by atoms with E-state index in [2.05, 4.69) is 15.5 Å². The quantitative estimate of drug-likeness (QED) is 0.831. The van der Waals surface area contributed by atoms with E-state index < -0.39 is 6.04 Å². The average Bonchev–Trinajstić information content (AvgIpc) is 2.97. The van der Waals surface area contributed by atoms with Gasteiger partial charge in [-0.2, -0.15) is 4.98 Å². The lowest BCUT2D eigenvalue weighted by atomic mass is 10.0. The zero-order chi connectivity index (χ0) is 17.0. The van der Waals surface area contributed by atoms with Crippen molar-refractivity contribution in [3.63, 3.8) is 0 Å². The second kappa shape index (κ2) is 8.80. The number of nitrogens with zero attached hydrogens (tertiary/aromatic N) is 2. The third-order valence-electron chi connectivity index (χ3n) is 3.59. The van der Waals surface area contributed by atoms with Crippen LogP contribution in [-0.2, 0) is 11.2 Å². The SMILES string of the molecule is CCc1noc(-c2ccc(C)c(NC(=O)[C@@H](N)CC(C)C)c2)n1.Cl. The lowest BCUT2D eigenvalue weighted by Crippen LogP contribution is -2.36. The Morgan fingerprint density at radius 1 is 1.38 bits per heavy atom. The first-order chi connectivity index (χ1) is 10.9. The Bertz CT molecular complexity index is 685. The summed E-state index contributed by atoms with van der Waals surface area (Å²) in [6.45, 7) is 7.98. The fourth-order valence-electron chi connectivity index (χ4n) is 2.24. The number of hydrogen-bond donors (Lipinski definition) is 2. The number of rotatable bonds is 6. The van der Waals surface area contributed by atoms with E-state index in [1.165, 1.54) is 0 Å². The molecule has 0 saturated heterocycles. The predicted octanol–water partition coefficient (Wildman–Crippen LogP) is 3.34. The Morgan fingerprint density at radius 2 is 2.08 bits per heavy atom. The van der Waals surface area contributed by atoms with E-state index in [1.807, 2.05) is 45.9 Å². The van der Waals surface area contributed by atoms with Crippen molar-refractivity contribution in [2.24, 2.45) is 11.7 Å². The second-order valence-electron chi connectivity index (χ2n) is 6.12. The number of amides is 1. The average molecular weight is 353 g/mol. The molecule has 0 unspecified atom stereocenters. The topological polar surface area (TPSA) is 94.0 Å². The summed E-state index contributed by atoms with van der Waals surface area (Å²) >= 11 is 0. The van der Waals surface area contributed by atoms with Crippen LogP contribution in [0.15, 0.2) is 22.7 Å². The Morgan fingerprint density at radius 3 is 2.67 bits per heavy atom. The van der Waals surface area contributed by atoms with Gasteiger partial charge in [0, 0.05) is 17.7 Å². The molecule has 1 aromatic heterocycles. The highest BCUT2D eigenvalue weighted by molar-refractivity contribution is 5.95. The number of hydrogen-bond acceptors (Lipinski definition) is 5. The van der Waals surface area contributed by atoms with Gasteiger partial charge in [0.05, 0.1) is 6.04 Å². The van der Waals surface area contributed by atoms with Gasteiger partial charge in [-0.05, 0) is 37.0 Å². The Labute approximate surface area is 148 Å². The molecule has 0 aliphatic carbocycles. The number of nitrogens with two attached hydrogens (primary N) is 1. The molecule has 3 N–H and O–H groups in total. The number of nitrogens with one attached hydrogen (secondary N) is 1. The molecule has 0 bridgehead atoms. The summed E-state index contributed by atoms with van der Waals surface area (Å²) in [6, 6.07) is 5.12. The third kappa shape index (κ3) is 5.04. The summed E-state index contributed by atoms with van der Waals surface area (Å²) < 4.78 is 5.24. The molecular formula is C17H25ClN4O2. The van der Waals surface area contributed by atoms with Gasteiger partial charge in [-0.3, -0.25) is 4.79 Å². The number of halogens is 1. The lowest BCUT2D eigenvalue weighted by molar-refractivity contribution is -0.117. The number of aryl methyl sites for hydroxylation is 2. The lowest BCUT2D eigenvalue weighted by Gasteiger charge is -2.15. The van der Waals surface area contributed by atoms with E-state index in [0.717, 1.165) is 11.1 Å². The molecule has 7 heteroatoms. The van der Waals surface area contributed by atoms with Crippen LogP contribution in [0, 0.1) is 12.8 Å². The van der Waals surface area contributed by atoms with Gasteiger partial charge < -0.3 is 15.6 Å². The molecule has 2 aromatic rings. The van der Waals surface area contributed by atoms with E-state index in [4.69, 9.17) is 10.3 Å². The van der Waals surface area contributed by atoms with Crippen LogP contribution < -0.4 is 11.1 Å². The Hall–Kier alpha value is -1.92. The van der Waals surface area contributed by atoms with Gasteiger partial charge in [0.25, 0.3) is 5.89 Å². The highest BCUT2D eigenvalue weighted by atomic mass is 35.5. The van der Waals surface area contributed by atoms with Crippen LogP contribution in [0.2, 0.25) is 0 Å². The maximum Gasteiger partial charge on any atom is 0.257 e. The first-order valence-corrected chi connectivity index (χ1v) is 7.90. The van der Waals surface area contributed by atoms with Crippen LogP contribution in [0.5, 0.6) is 0 Å². The van der Waals surface area contributed by atoms with Gasteiger partial charge in [-0.1, -0.05) is 32.0 Å². The van der Waals surface area contributed by atoms with Crippen LogP contribution in [0.1, 0.15) is 38.6 Å². The van der Waals surface area contributed by atoms with Crippen molar-refractivity contribution in [2.45, 2.75) is 46.6 Å². The van der Waals surface area contributed by atoms with E-state index in [9.17, 15) is 4.79 Å². The highest BCUT2D eigenvalue weighted by Gasteiger charge is 2.17. The van der Waals surface area contributed by atoms with Gasteiger partial charge in [0.15, 0.2) is 5.82 Å². The zero-order valence-electron chi connectivity index (χ0n) is 14.5. The molecule has 0 spiro atoms. The van der Waals surface area contributed by atoms with E-state index in [0.29, 0.717) is 36.2 Å². The molecule has 0 fully saturated rings. The van der Waals surface area contributed by atoms with Gasteiger partial charge in [0.2, 0.25) is 5.91 Å². The fourth-order valence-corrected chi connectivity index (χ4v) is 2.24. The fraction of sp³-hybridized carbons (Fsp3) is 0.471. The maximum absolute atomic E-state index is 12.2. The summed E-state index contributed by atoms with van der Waals surface area (Å²) in [7, 11) is 0. The molecule has 24 heavy (non-hydrogen) atoms. The molecule has 0 aliphatic rings. The number of carbonyl (C=O) groups excluding carboxylic acids is 1. The van der Waals surface area contributed by atoms with Crippen molar-refractivity contribution < 1.29 is 9.32 Å². The first-order valence-electron chi connectivity index (χ1n) is 7.90. The maximum atomic E-state index is 12.2. The van der Waals surface area contributed by atoms with Crippen LogP contribution in [0.25, 0.3) is 11.5 Å². The highest BCUT2D eigenvalue weighted by Crippen LogP contribution is 2.24. The van der Waals surface area contributed by atoms with Crippen molar-refractivity contribution in [3.05, 3.63) is 29.6 Å². The Balaban J connectivity index is 0.00000288. The molecule has 0 radical (unpaired) electrons. The molecule has 1 aromatic carbocycles. The molecule has 0 aliphatic heterocycles. The van der Waals surface area contributed by atoms with Gasteiger partial charge in [0.1, 0.15) is 0 Å². The molecule has 1 atom stereocenters. The van der Waals surface area contributed by atoms with Crippen molar-refractivity contribution in [1.82, 2.24) is 10.1 Å². The Kier molecular flexibility index (Phi) is 7.38. The standard InChI is InChI=1S/C17H24N4O2.ClH/c1-5-15-20-17(23-21-15)12-7-6-11(4)14(9-12)19-16(22)13(18)8-10(2)3;/h6-7,9-10,13H,5,8,18H2,1-4H3,(H,19,22);1H/t13-;/m0./s1. The minimum Gasteiger partial charge on any atom is -0.334 e. The molecule has 6 nitrogen and oxygen atoms in total. The minimum absolute atomic E-state index is 0. The molecule has 132 valence electrons. The molecule has 2 rings (SSSR count). The predicted molar refractivity (Wildman–Crippen MR) is 97.2 cm³/mol. The van der Waals surface area contributed by atoms with Crippen molar-refractivity contribution in [3.8, 4) is 11.5 Å². The minimum atomic E-state index is -0.520. The van der Waals surface area contributed by atoms with Gasteiger partial charge in [-0.25, -0.2) is 0 Å². The summed E-state index contributed by atoms with van der Waals surface area (Å²) in [6.07, 6.45) is 1.36. The molecule has 1 heterocycles. The second-order valence-corrected chi connectivity index (χ2v) is 6.12. The summed E-state index contributed by atoms with van der Waals surface area (Å²) in [5.74, 6) is 1.29. The van der Waals surface area contributed by atoms with Crippen LogP contribution in [0.4, 0.5) is 5.69 Å². The molecule has 0 saturated carbocycles. The van der Waals surface area contributed by atoms with E-state index >= 15 is 0 Å². The normalized spacial score (nSPS) is 11.9. The van der Waals surface area contributed by atoms with Crippen LogP contribution in [0.3, 0.4) is 0 Å². The van der Waals surface area contributed by atoms with Crippen molar-refractivity contribution in [1.29, 1.82) is 0 Å². The number of carbonyl (C=O) groups is 1. The first kappa shape index (κ1) is 20.1. The summed E-state index contributed by atoms with van der Waals surface area (Å²) in [4.78, 5) is 16.5. The number of anilines is 1. The van der Waals surface area contributed by atoms with E-state index in [1.54, 1.807) is 0 Å². The van der Waals surface area contributed by atoms with Crippen LogP contribution in [-0.4, -0.2) is 22.1 Å². The summed E-state index contributed by atoms with van der Waals surface area (Å²) in [5, 5.41) is 6.78. The third-order valence-corrected chi connectivity index (χ3v) is 3.59. The zero-order valence-corrected chi connectivity index (χ0v) is 15.3. The number of aromatic nitrogens is 2. The smallest absolute Gasteiger partial charge is 0.257 e. The van der Waals surface area contributed by atoms with Crippen LogP contribution >= 0.6 is 12.4 Å². The molecular weight excluding hydrogens is 328 g/mol. The van der Waals surface area contributed by atoms with Gasteiger partial charge in [-0.15, -0.1) is 12.4 Å². The monoisotopic (exact) mass is 352 g/mol. The largest absolute Gasteiger partial charge is 0.334 e. The van der Waals surface area contributed by atoms with Crippen molar-refractivity contribution in [2.75, 3.05) is 5.32 Å². The van der Waals surface area contributed by atoms with Crippen molar-refractivity contribution >= 4 is 24.0 Å².